The van der Waals surface area contributed by atoms with Crippen LogP contribution < -0.4 is 0 Å². The Labute approximate surface area is 104 Å². The molecule has 0 radical (unpaired) electrons. The maximum Gasteiger partial charge on any atom is 0.0587 e. The fraction of sp³-hybridized carbons (Fsp3) is 0.615. The third-order valence-corrected chi connectivity index (χ3v) is 2.58. The average Bonchev–Trinajstić information content (AvgIpc) is 2.65. The van der Waals surface area contributed by atoms with E-state index in [0.29, 0.717) is 0 Å². The molecule has 0 atom stereocenters. The van der Waals surface area contributed by atoms with Gasteiger partial charge in [-0.05, 0) is 7.05 Å². The molecule has 4 heteroatoms. The van der Waals surface area contributed by atoms with Gasteiger partial charge in [0.05, 0.1) is 12.7 Å². The summed E-state index contributed by atoms with van der Waals surface area (Å²) >= 11 is 0. The minimum absolute atomic E-state index is 0.0636. The summed E-state index contributed by atoms with van der Waals surface area (Å²) in [4.78, 5) is 2.20. The largest absolute Gasteiger partial charge is 0.396 e. The highest BCUT2D eigenvalue weighted by Crippen LogP contribution is 2.16. The van der Waals surface area contributed by atoms with Crippen LogP contribution in [0.25, 0.3) is 0 Å². The number of hydrogen-bond donors (Lipinski definition) is 1. The highest BCUT2D eigenvalue weighted by molar-refractivity contribution is 5.04. The zero-order valence-corrected chi connectivity index (χ0v) is 11.1. The van der Waals surface area contributed by atoms with Crippen molar-refractivity contribution < 1.29 is 5.11 Å². The Balaban J connectivity index is 2.49. The van der Waals surface area contributed by atoms with Crippen LogP contribution in [0.15, 0.2) is 25.0 Å². The maximum absolute atomic E-state index is 9.23. The predicted molar refractivity (Wildman–Crippen MR) is 69.6 cm³/mol. The van der Waals surface area contributed by atoms with E-state index in [2.05, 4.69) is 37.5 Å². The molecular weight excluding hydrogens is 214 g/mol. The zero-order chi connectivity index (χ0) is 12.9. The summed E-state index contributed by atoms with van der Waals surface area (Å²) in [5.74, 6) is 0. The van der Waals surface area contributed by atoms with Gasteiger partial charge in [-0.1, -0.05) is 19.9 Å². The summed E-state index contributed by atoms with van der Waals surface area (Å²) in [6.45, 7) is 10.5. The lowest BCUT2D eigenvalue weighted by molar-refractivity contribution is 0.112. The van der Waals surface area contributed by atoms with Gasteiger partial charge in [0, 0.05) is 36.9 Å². The van der Waals surface area contributed by atoms with Crippen LogP contribution in [0.5, 0.6) is 0 Å². The van der Waals surface area contributed by atoms with Crippen molar-refractivity contribution >= 4 is 0 Å². The van der Waals surface area contributed by atoms with Crippen LogP contribution >= 0.6 is 0 Å². The molecule has 0 saturated heterocycles. The molecule has 0 spiro atoms. The second-order valence-corrected chi connectivity index (χ2v) is 5.35. The first-order valence-corrected chi connectivity index (χ1v) is 5.88. The maximum atomic E-state index is 9.23. The standard InChI is InChI=1S/C13H23N3O/c1-5-6-16-9-12(7-14-16)8-15(4)10-13(2,3)11-17/h5,7,9,17H,1,6,8,10-11H2,2-4H3. The second kappa shape index (κ2) is 5.98. The van der Waals surface area contributed by atoms with Crippen molar-refractivity contribution in [2.75, 3.05) is 20.2 Å². The van der Waals surface area contributed by atoms with Gasteiger partial charge in [0.15, 0.2) is 0 Å². The summed E-state index contributed by atoms with van der Waals surface area (Å²) in [6.07, 6.45) is 5.74. The van der Waals surface area contributed by atoms with Crippen LogP contribution in [0, 0.1) is 5.41 Å². The van der Waals surface area contributed by atoms with E-state index in [4.69, 9.17) is 0 Å². The number of aromatic nitrogens is 2. The van der Waals surface area contributed by atoms with E-state index in [1.165, 1.54) is 5.56 Å². The Kier molecular flexibility index (Phi) is 4.90. The molecule has 0 fully saturated rings. The normalized spacial score (nSPS) is 12.1. The SMILES string of the molecule is C=CCn1cc(CN(C)CC(C)(C)CO)cn1. The first kappa shape index (κ1) is 13.9. The summed E-state index contributed by atoms with van der Waals surface area (Å²) in [5.41, 5.74) is 1.12. The highest BCUT2D eigenvalue weighted by atomic mass is 16.3. The zero-order valence-electron chi connectivity index (χ0n) is 11.1. The fourth-order valence-corrected chi connectivity index (χ4v) is 1.87. The molecule has 0 aliphatic rings. The number of rotatable bonds is 7. The Bertz CT molecular complexity index is 357. The average molecular weight is 237 g/mol. The van der Waals surface area contributed by atoms with Crippen molar-refractivity contribution in [1.29, 1.82) is 0 Å². The van der Waals surface area contributed by atoms with Crippen molar-refractivity contribution in [2.45, 2.75) is 26.9 Å². The molecule has 17 heavy (non-hydrogen) atoms. The van der Waals surface area contributed by atoms with Crippen LogP contribution in [0.3, 0.4) is 0 Å². The van der Waals surface area contributed by atoms with Gasteiger partial charge < -0.3 is 10.0 Å². The summed E-state index contributed by atoms with van der Waals surface area (Å²) < 4.78 is 1.87. The van der Waals surface area contributed by atoms with E-state index in [1.807, 2.05) is 23.2 Å². The van der Waals surface area contributed by atoms with Gasteiger partial charge >= 0.3 is 0 Å². The topological polar surface area (TPSA) is 41.3 Å². The molecule has 4 nitrogen and oxygen atoms in total. The van der Waals surface area contributed by atoms with E-state index >= 15 is 0 Å². The van der Waals surface area contributed by atoms with E-state index in [0.717, 1.165) is 19.6 Å². The lowest BCUT2D eigenvalue weighted by Gasteiger charge is -2.28. The lowest BCUT2D eigenvalue weighted by atomic mass is 9.94. The van der Waals surface area contributed by atoms with Crippen LogP contribution in [0.1, 0.15) is 19.4 Å². The molecule has 0 aliphatic heterocycles. The molecule has 96 valence electrons. The Morgan fingerprint density at radius 2 is 2.29 bits per heavy atom. The number of aliphatic hydroxyl groups is 1. The van der Waals surface area contributed by atoms with Crippen molar-refractivity contribution in [3.8, 4) is 0 Å². The smallest absolute Gasteiger partial charge is 0.0587 e. The second-order valence-electron chi connectivity index (χ2n) is 5.35. The summed E-state index contributed by atoms with van der Waals surface area (Å²) in [7, 11) is 2.06. The lowest BCUT2D eigenvalue weighted by Crippen LogP contribution is -2.33. The Hall–Kier alpha value is -1.13. The molecule has 0 aromatic carbocycles. The van der Waals surface area contributed by atoms with Crippen molar-refractivity contribution in [1.82, 2.24) is 14.7 Å². The summed E-state index contributed by atoms with van der Waals surface area (Å²) in [5, 5.41) is 13.5. The molecule has 0 unspecified atom stereocenters. The monoisotopic (exact) mass is 237 g/mol. The quantitative estimate of drug-likeness (QED) is 0.731. The first-order chi connectivity index (χ1) is 7.96. The predicted octanol–water partition coefficient (Wildman–Crippen LogP) is 1.52. The van der Waals surface area contributed by atoms with Crippen LogP contribution in [-0.4, -0.2) is 40.0 Å². The number of aliphatic hydroxyl groups excluding tert-OH is 1. The van der Waals surface area contributed by atoms with Gasteiger partial charge in [0.2, 0.25) is 0 Å². The molecule has 1 rings (SSSR count). The van der Waals surface area contributed by atoms with Gasteiger partial charge in [0.1, 0.15) is 0 Å². The molecule has 0 aliphatic carbocycles. The fourth-order valence-electron chi connectivity index (χ4n) is 1.87. The molecular formula is C13H23N3O. The van der Waals surface area contributed by atoms with Crippen LogP contribution in [0.4, 0.5) is 0 Å². The van der Waals surface area contributed by atoms with Crippen molar-refractivity contribution in [2.24, 2.45) is 5.41 Å². The Morgan fingerprint density at radius 1 is 1.59 bits per heavy atom. The minimum atomic E-state index is -0.0636. The molecule has 1 N–H and O–H groups in total. The molecule has 1 aromatic heterocycles. The minimum Gasteiger partial charge on any atom is -0.396 e. The first-order valence-electron chi connectivity index (χ1n) is 5.88. The van der Waals surface area contributed by atoms with Gasteiger partial charge in [-0.3, -0.25) is 4.68 Å². The molecule has 0 amide bonds. The van der Waals surface area contributed by atoms with E-state index < -0.39 is 0 Å². The van der Waals surface area contributed by atoms with Gasteiger partial charge in [0.25, 0.3) is 0 Å². The van der Waals surface area contributed by atoms with Crippen LogP contribution in [-0.2, 0) is 13.1 Å². The number of hydrogen-bond acceptors (Lipinski definition) is 3. The van der Waals surface area contributed by atoms with Gasteiger partial charge in [-0.2, -0.15) is 5.10 Å². The van der Waals surface area contributed by atoms with Gasteiger partial charge in [-0.25, -0.2) is 0 Å². The van der Waals surface area contributed by atoms with E-state index in [9.17, 15) is 5.11 Å². The summed E-state index contributed by atoms with van der Waals surface area (Å²) in [6, 6.07) is 0. The van der Waals surface area contributed by atoms with Crippen molar-refractivity contribution in [3.05, 3.63) is 30.6 Å². The molecule has 0 bridgehead atoms. The van der Waals surface area contributed by atoms with Crippen molar-refractivity contribution in [3.63, 3.8) is 0 Å². The van der Waals surface area contributed by atoms with E-state index in [1.54, 1.807) is 0 Å². The molecule has 1 heterocycles. The molecule has 0 saturated carbocycles. The number of allylic oxidation sites excluding steroid dienone is 1. The third kappa shape index (κ3) is 4.71. The number of nitrogens with zero attached hydrogens (tertiary/aromatic N) is 3. The third-order valence-electron chi connectivity index (χ3n) is 2.58. The van der Waals surface area contributed by atoms with Gasteiger partial charge in [-0.15, -0.1) is 6.58 Å². The molecule has 1 aromatic rings. The van der Waals surface area contributed by atoms with E-state index in [-0.39, 0.29) is 12.0 Å². The Morgan fingerprint density at radius 3 is 2.88 bits per heavy atom. The van der Waals surface area contributed by atoms with Crippen LogP contribution in [0.2, 0.25) is 0 Å². The highest BCUT2D eigenvalue weighted by Gasteiger charge is 2.19.